The molecule has 1 aliphatic rings. The fourth-order valence-electron chi connectivity index (χ4n) is 1.80. The van der Waals surface area contributed by atoms with Gasteiger partial charge in [0.15, 0.2) is 0 Å². The summed E-state index contributed by atoms with van der Waals surface area (Å²) in [7, 11) is -0.674. The highest BCUT2D eigenvalue weighted by Gasteiger charge is 2.21. The van der Waals surface area contributed by atoms with Gasteiger partial charge in [-0.2, -0.15) is 0 Å². The van der Waals surface area contributed by atoms with E-state index in [1.165, 1.54) is 0 Å². The molecule has 1 amide bonds. The standard InChI is InChI=1S/C11H22N2O2S/c1-2-3-4-10(12)11(14)13-9-5-7-16(15)8-6-9/h9-10H,2-8,12H2,1H3,(H,13,14)/t9?,10-,16?/m0/s1. The minimum absolute atomic E-state index is 0.0499. The van der Waals surface area contributed by atoms with Gasteiger partial charge in [-0.1, -0.05) is 19.8 Å². The molecule has 16 heavy (non-hydrogen) atoms. The molecule has 0 aromatic rings. The SMILES string of the molecule is CCCC[C@H](N)C(=O)NC1CCS(=O)CC1. The van der Waals surface area contributed by atoms with Crippen LogP contribution in [0.4, 0.5) is 0 Å². The Balaban J connectivity index is 2.25. The van der Waals surface area contributed by atoms with Crippen molar-refractivity contribution in [2.45, 2.75) is 51.1 Å². The van der Waals surface area contributed by atoms with Crippen LogP contribution >= 0.6 is 0 Å². The fraction of sp³-hybridized carbons (Fsp3) is 0.909. The maximum atomic E-state index is 11.7. The molecule has 4 nitrogen and oxygen atoms in total. The Labute approximate surface area is 99.8 Å². The number of nitrogens with two attached hydrogens (primary N) is 1. The van der Waals surface area contributed by atoms with Crippen molar-refractivity contribution < 1.29 is 9.00 Å². The molecule has 0 spiro atoms. The van der Waals surface area contributed by atoms with E-state index in [4.69, 9.17) is 5.73 Å². The maximum absolute atomic E-state index is 11.7. The molecule has 3 N–H and O–H groups in total. The van der Waals surface area contributed by atoms with Crippen LogP contribution in [0.3, 0.4) is 0 Å². The molecule has 0 bridgehead atoms. The first-order valence-electron chi connectivity index (χ1n) is 6.04. The number of hydrogen-bond donors (Lipinski definition) is 2. The first kappa shape index (κ1) is 13.6. The van der Waals surface area contributed by atoms with Crippen molar-refractivity contribution in [3.05, 3.63) is 0 Å². The second-order valence-corrected chi connectivity index (χ2v) is 6.08. The number of carbonyl (C=O) groups excluding carboxylic acids is 1. The van der Waals surface area contributed by atoms with E-state index in [0.717, 1.165) is 32.1 Å². The molecule has 94 valence electrons. The Bertz CT molecular complexity index is 248. The van der Waals surface area contributed by atoms with E-state index in [-0.39, 0.29) is 18.0 Å². The van der Waals surface area contributed by atoms with E-state index in [9.17, 15) is 9.00 Å². The van der Waals surface area contributed by atoms with Gasteiger partial charge in [-0.25, -0.2) is 0 Å². The third-order valence-corrected chi connectivity index (χ3v) is 4.32. The van der Waals surface area contributed by atoms with Crippen LogP contribution in [0.5, 0.6) is 0 Å². The molecule has 0 aliphatic carbocycles. The Morgan fingerprint density at radius 2 is 2.12 bits per heavy atom. The van der Waals surface area contributed by atoms with Crippen molar-refractivity contribution in [1.29, 1.82) is 0 Å². The second-order valence-electron chi connectivity index (χ2n) is 4.38. The fourth-order valence-corrected chi connectivity index (χ4v) is 3.10. The average Bonchev–Trinajstić information content (AvgIpc) is 2.29. The van der Waals surface area contributed by atoms with Gasteiger partial charge in [0.05, 0.1) is 6.04 Å². The molecule has 0 radical (unpaired) electrons. The molecule has 0 unspecified atom stereocenters. The van der Waals surface area contributed by atoms with Crippen LogP contribution in [0.25, 0.3) is 0 Å². The van der Waals surface area contributed by atoms with Crippen molar-refractivity contribution in [3.8, 4) is 0 Å². The predicted octanol–water partition coefficient (Wildman–Crippen LogP) is 0.531. The Morgan fingerprint density at radius 1 is 1.50 bits per heavy atom. The van der Waals surface area contributed by atoms with Crippen LogP contribution in [0.15, 0.2) is 0 Å². The molecule has 1 saturated heterocycles. The van der Waals surface area contributed by atoms with E-state index in [0.29, 0.717) is 11.5 Å². The number of hydrogen-bond acceptors (Lipinski definition) is 3. The lowest BCUT2D eigenvalue weighted by molar-refractivity contribution is -0.123. The van der Waals surface area contributed by atoms with Crippen molar-refractivity contribution in [3.63, 3.8) is 0 Å². The first-order valence-corrected chi connectivity index (χ1v) is 7.53. The lowest BCUT2D eigenvalue weighted by atomic mass is 10.1. The Hall–Kier alpha value is -0.420. The third-order valence-electron chi connectivity index (χ3n) is 2.94. The highest BCUT2D eigenvalue weighted by atomic mass is 32.2. The molecule has 0 aromatic heterocycles. The Kier molecular flexibility index (Phi) is 5.98. The zero-order chi connectivity index (χ0) is 12.0. The van der Waals surface area contributed by atoms with Crippen molar-refractivity contribution in [2.75, 3.05) is 11.5 Å². The summed E-state index contributed by atoms with van der Waals surface area (Å²) in [5, 5.41) is 2.95. The van der Waals surface area contributed by atoms with Gasteiger partial charge in [0.1, 0.15) is 0 Å². The lowest BCUT2D eigenvalue weighted by Gasteiger charge is -2.24. The molecule has 1 atom stereocenters. The largest absolute Gasteiger partial charge is 0.352 e. The topological polar surface area (TPSA) is 72.2 Å². The van der Waals surface area contributed by atoms with E-state index in [2.05, 4.69) is 12.2 Å². The summed E-state index contributed by atoms with van der Waals surface area (Å²) in [5.74, 6) is 1.36. The zero-order valence-corrected chi connectivity index (χ0v) is 10.7. The minimum atomic E-state index is -0.674. The molecular weight excluding hydrogens is 224 g/mol. The third kappa shape index (κ3) is 4.61. The summed E-state index contributed by atoms with van der Waals surface area (Å²) >= 11 is 0. The summed E-state index contributed by atoms with van der Waals surface area (Å²) in [6.07, 6.45) is 4.44. The number of rotatable bonds is 5. The second kappa shape index (κ2) is 7.01. The summed E-state index contributed by atoms with van der Waals surface area (Å²) in [5.41, 5.74) is 5.78. The van der Waals surface area contributed by atoms with Crippen LogP contribution in [-0.4, -0.2) is 33.7 Å². The molecule has 1 fully saturated rings. The van der Waals surface area contributed by atoms with Gasteiger partial charge in [0, 0.05) is 28.3 Å². The van der Waals surface area contributed by atoms with Crippen LogP contribution in [0, 0.1) is 0 Å². The van der Waals surface area contributed by atoms with Gasteiger partial charge in [-0.05, 0) is 19.3 Å². The van der Waals surface area contributed by atoms with Crippen LogP contribution < -0.4 is 11.1 Å². The summed E-state index contributed by atoms with van der Waals surface area (Å²) < 4.78 is 11.1. The summed E-state index contributed by atoms with van der Waals surface area (Å²) in [6, 6.07) is -0.203. The molecular formula is C11H22N2O2S. The predicted molar refractivity (Wildman–Crippen MR) is 66.5 cm³/mol. The van der Waals surface area contributed by atoms with Crippen LogP contribution in [0.1, 0.15) is 39.0 Å². The molecule has 1 aliphatic heterocycles. The quantitative estimate of drug-likeness (QED) is 0.743. The minimum Gasteiger partial charge on any atom is -0.352 e. The van der Waals surface area contributed by atoms with E-state index in [1.54, 1.807) is 0 Å². The maximum Gasteiger partial charge on any atom is 0.237 e. The molecule has 0 saturated carbocycles. The molecule has 1 rings (SSSR count). The van der Waals surface area contributed by atoms with Crippen LogP contribution in [0.2, 0.25) is 0 Å². The smallest absolute Gasteiger partial charge is 0.237 e. The van der Waals surface area contributed by atoms with Gasteiger partial charge in [-0.3, -0.25) is 9.00 Å². The monoisotopic (exact) mass is 246 g/mol. The number of unbranched alkanes of at least 4 members (excludes halogenated alkanes) is 1. The van der Waals surface area contributed by atoms with E-state index in [1.807, 2.05) is 0 Å². The first-order chi connectivity index (χ1) is 7.63. The number of amides is 1. The van der Waals surface area contributed by atoms with Crippen molar-refractivity contribution in [2.24, 2.45) is 5.73 Å². The van der Waals surface area contributed by atoms with Crippen molar-refractivity contribution >= 4 is 16.7 Å². The Morgan fingerprint density at radius 3 is 2.69 bits per heavy atom. The summed E-state index contributed by atoms with van der Waals surface area (Å²) in [4.78, 5) is 11.7. The molecule has 1 heterocycles. The highest BCUT2D eigenvalue weighted by Crippen LogP contribution is 2.09. The van der Waals surface area contributed by atoms with Crippen molar-refractivity contribution in [1.82, 2.24) is 5.32 Å². The van der Waals surface area contributed by atoms with Crippen LogP contribution in [-0.2, 0) is 15.6 Å². The van der Waals surface area contributed by atoms with E-state index < -0.39 is 10.8 Å². The van der Waals surface area contributed by atoms with E-state index >= 15 is 0 Å². The molecule has 0 aromatic carbocycles. The normalized spacial score (nSPS) is 27.4. The average molecular weight is 246 g/mol. The lowest BCUT2D eigenvalue weighted by Crippen LogP contribution is -2.47. The summed E-state index contributed by atoms with van der Waals surface area (Å²) in [6.45, 7) is 2.08. The molecule has 5 heteroatoms. The van der Waals surface area contributed by atoms with Gasteiger partial charge < -0.3 is 11.1 Å². The van der Waals surface area contributed by atoms with Gasteiger partial charge in [-0.15, -0.1) is 0 Å². The number of nitrogens with one attached hydrogen (secondary N) is 1. The van der Waals surface area contributed by atoms with Gasteiger partial charge >= 0.3 is 0 Å². The zero-order valence-electron chi connectivity index (χ0n) is 9.91. The van der Waals surface area contributed by atoms with Gasteiger partial charge in [0.25, 0.3) is 0 Å². The van der Waals surface area contributed by atoms with Gasteiger partial charge in [0.2, 0.25) is 5.91 Å². The highest BCUT2D eigenvalue weighted by molar-refractivity contribution is 7.85. The number of carbonyl (C=O) groups is 1.